The predicted molar refractivity (Wildman–Crippen MR) is 161 cm³/mol. The van der Waals surface area contributed by atoms with Crippen LogP contribution in [0.25, 0.3) is 0 Å². The van der Waals surface area contributed by atoms with E-state index >= 15 is 0 Å². The molecule has 0 unspecified atom stereocenters. The van der Waals surface area contributed by atoms with Crippen LogP contribution in [0.5, 0.6) is 6.01 Å². The van der Waals surface area contributed by atoms with E-state index in [1.165, 1.54) is 19.1 Å². The highest BCUT2D eigenvalue weighted by atomic mass is 35.5. The van der Waals surface area contributed by atoms with Crippen molar-refractivity contribution in [2.75, 3.05) is 29.5 Å². The molecular formula is C28H31ClF3N7O5S. The monoisotopic (exact) mass is 669 g/mol. The van der Waals surface area contributed by atoms with E-state index in [0.29, 0.717) is 29.1 Å². The van der Waals surface area contributed by atoms with E-state index in [0.717, 1.165) is 18.4 Å². The van der Waals surface area contributed by atoms with Gasteiger partial charge in [0.05, 0.1) is 11.3 Å². The first-order valence-corrected chi connectivity index (χ1v) is 16.0. The molecule has 0 saturated heterocycles. The molecule has 1 aliphatic rings. The highest BCUT2D eigenvalue weighted by Crippen LogP contribution is 2.48. The van der Waals surface area contributed by atoms with Gasteiger partial charge in [0.15, 0.2) is 6.61 Å². The lowest BCUT2D eigenvalue weighted by molar-refractivity contribution is -0.154. The lowest BCUT2D eigenvalue weighted by Crippen LogP contribution is -2.31. The summed E-state index contributed by atoms with van der Waals surface area (Å²) in [6.45, 7) is 0.108. The topological polar surface area (TPSA) is 164 Å². The van der Waals surface area contributed by atoms with Gasteiger partial charge in [-0.2, -0.15) is 28.1 Å². The molecule has 45 heavy (non-hydrogen) atoms. The quantitative estimate of drug-likeness (QED) is 0.167. The van der Waals surface area contributed by atoms with E-state index in [-0.39, 0.29) is 36.5 Å². The summed E-state index contributed by atoms with van der Waals surface area (Å²) in [6.07, 6.45) is -2.27. The number of carbonyl (C=O) groups excluding carboxylic acids is 2. The van der Waals surface area contributed by atoms with Crippen LogP contribution >= 0.6 is 11.6 Å². The number of alkyl halides is 3. The summed E-state index contributed by atoms with van der Waals surface area (Å²) in [6, 6.07) is 12.8. The Balaban J connectivity index is 1.36. The molecule has 12 nitrogen and oxygen atoms in total. The van der Waals surface area contributed by atoms with E-state index in [9.17, 15) is 31.2 Å². The predicted octanol–water partition coefficient (Wildman–Crippen LogP) is 4.68. The van der Waals surface area contributed by atoms with E-state index < -0.39 is 40.3 Å². The first-order chi connectivity index (χ1) is 21.3. The number of hydrogen-bond donors (Lipinski definition) is 4. The van der Waals surface area contributed by atoms with Crippen LogP contribution in [0.4, 0.5) is 30.8 Å². The van der Waals surface area contributed by atoms with Crippen molar-refractivity contribution in [1.29, 1.82) is 0 Å². The van der Waals surface area contributed by atoms with Crippen molar-refractivity contribution >= 4 is 51.0 Å². The normalized spacial score (nSPS) is 13.9. The molecule has 2 amide bonds. The number of benzene rings is 2. The molecule has 1 heterocycles. The Kier molecular flexibility index (Phi) is 10.7. The van der Waals surface area contributed by atoms with Crippen LogP contribution in [0.3, 0.4) is 0 Å². The van der Waals surface area contributed by atoms with E-state index in [1.54, 1.807) is 24.3 Å². The molecule has 17 heteroatoms. The number of carbonyl (C=O) groups is 2. The van der Waals surface area contributed by atoms with Gasteiger partial charge in [0.1, 0.15) is 0 Å². The molecule has 0 spiro atoms. The minimum atomic E-state index is -4.60. The Morgan fingerprint density at radius 3 is 2.27 bits per heavy atom. The zero-order valence-electron chi connectivity index (χ0n) is 24.1. The largest absolute Gasteiger partial charge is 0.454 e. The average Bonchev–Trinajstić information content (AvgIpc) is 3.76. The molecule has 1 saturated carbocycles. The number of hydrogen-bond acceptors (Lipinski definition) is 10. The maximum Gasteiger partial charge on any atom is 0.422 e. The summed E-state index contributed by atoms with van der Waals surface area (Å²) in [5.41, 5.74) is 1.18. The van der Waals surface area contributed by atoms with Crippen LogP contribution in [0, 0.1) is 0 Å². The number of amides is 2. The zero-order chi connectivity index (χ0) is 32.7. The van der Waals surface area contributed by atoms with E-state index in [2.05, 4.69) is 30.9 Å². The van der Waals surface area contributed by atoms with Gasteiger partial charge in [-0.1, -0.05) is 23.7 Å². The first kappa shape index (κ1) is 33.7. The molecule has 0 atom stereocenters. The first-order valence-electron chi connectivity index (χ1n) is 13.9. The fourth-order valence-corrected chi connectivity index (χ4v) is 4.84. The summed E-state index contributed by atoms with van der Waals surface area (Å²) >= 11 is 6.00. The van der Waals surface area contributed by atoms with Gasteiger partial charge in [0.2, 0.25) is 27.8 Å². The van der Waals surface area contributed by atoms with Crippen LogP contribution in [0.2, 0.25) is 5.02 Å². The van der Waals surface area contributed by atoms with Crippen molar-refractivity contribution < 1.29 is 35.9 Å². The smallest absolute Gasteiger partial charge is 0.422 e. The number of nitrogens with one attached hydrogen (secondary N) is 4. The Labute approximate surface area is 262 Å². The number of nitrogens with zero attached hydrogens (tertiary/aromatic N) is 3. The summed E-state index contributed by atoms with van der Waals surface area (Å²) in [4.78, 5) is 36.5. The van der Waals surface area contributed by atoms with Crippen LogP contribution in [0.1, 0.15) is 54.9 Å². The third kappa shape index (κ3) is 10.5. The van der Waals surface area contributed by atoms with Gasteiger partial charge >= 0.3 is 12.2 Å². The lowest BCUT2D eigenvalue weighted by Gasteiger charge is -2.19. The van der Waals surface area contributed by atoms with Gasteiger partial charge in [-0.15, -0.1) is 0 Å². The fourth-order valence-electron chi connectivity index (χ4n) is 4.12. The van der Waals surface area contributed by atoms with Gasteiger partial charge in [0, 0.05) is 29.2 Å². The van der Waals surface area contributed by atoms with Crippen LogP contribution in [0.15, 0.2) is 48.5 Å². The second-order valence-electron chi connectivity index (χ2n) is 10.2. The Hall–Kier alpha value is -4.18. The molecule has 242 valence electrons. The number of ether oxygens (including phenoxy) is 1. The van der Waals surface area contributed by atoms with E-state index in [4.69, 9.17) is 16.3 Å². The Morgan fingerprint density at radius 1 is 0.978 bits per heavy atom. The summed E-state index contributed by atoms with van der Waals surface area (Å²) < 4.78 is 68.1. The molecule has 2 aromatic carbocycles. The minimum Gasteiger partial charge on any atom is -0.454 e. The number of anilines is 3. The van der Waals surface area contributed by atoms with E-state index in [1.807, 2.05) is 16.9 Å². The van der Waals surface area contributed by atoms with Crippen LogP contribution < -0.4 is 25.4 Å². The number of sulfonamides is 1. The van der Waals surface area contributed by atoms with Crippen molar-refractivity contribution in [1.82, 2.24) is 25.0 Å². The lowest BCUT2D eigenvalue weighted by atomic mass is 10.1. The van der Waals surface area contributed by atoms with Gasteiger partial charge < -0.3 is 20.7 Å². The molecule has 4 rings (SSSR count). The number of aromatic nitrogens is 3. The van der Waals surface area contributed by atoms with Gasteiger partial charge in [-0.25, -0.2) is 8.42 Å². The molecule has 1 aliphatic carbocycles. The van der Waals surface area contributed by atoms with Crippen molar-refractivity contribution in [3.8, 4) is 6.01 Å². The van der Waals surface area contributed by atoms with Crippen molar-refractivity contribution in [2.24, 2.45) is 0 Å². The number of unbranched alkanes of at least 4 members (excludes halogenated alkanes) is 1. The molecule has 0 aliphatic heterocycles. The Bertz CT molecular complexity index is 1600. The third-order valence-electron chi connectivity index (χ3n) is 6.65. The second kappa shape index (κ2) is 14.3. The average molecular weight is 670 g/mol. The zero-order valence-corrected chi connectivity index (χ0v) is 25.7. The molecule has 0 bridgehead atoms. The minimum absolute atomic E-state index is 0.00878. The maximum absolute atomic E-state index is 12.8. The van der Waals surface area contributed by atoms with Gasteiger partial charge in [0.25, 0.3) is 5.91 Å². The molecule has 0 radical (unpaired) electrons. The summed E-state index contributed by atoms with van der Waals surface area (Å²) in [7, 11) is -3.60. The second-order valence-corrected chi connectivity index (χ2v) is 12.7. The summed E-state index contributed by atoms with van der Waals surface area (Å²) in [5.74, 6) is -1.23. The molecule has 1 aromatic heterocycles. The maximum atomic E-state index is 12.8. The third-order valence-corrected chi connectivity index (χ3v) is 8.20. The highest BCUT2D eigenvalue weighted by molar-refractivity contribution is 7.90. The van der Waals surface area contributed by atoms with Crippen molar-refractivity contribution in [3.05, 3.63) is 64.7 Å². The fraction of sp³-hybridized carbons (Fsp3) is 0.393. The van der Waals surface area contributed by atoms with Gasteiger partial charge in [-0.3, -0.25) is 14.3 Å². The Morgan fingerprint density at radius 2 is 1.64 bits per heavy atom. The molecule has 4 N–H and O–H groups in total. The van der Waals surface area contributed by atoms with Gasteiger partial charge in [-0.05, 0) is 74.6 Å². The summed E-state index contributed by atoms with van der Waals surface area (Å²) in [5, 5.41) is 9.38. The standard InChI is InChI=1S/C28H31ClF3N7O5S/c1-2-45(42,43)39-22(40)5-3-4-16-33-23(41)18-6-12-21(13-7-18)34-24-35-25(37-26(36-24)44-17-28(30,31)32)38-27(14-15-27)19-8-10-20(29)11-9-19/h6-13H,2-5,14-17H2,1H3,(H,33,41)(H,39,40)(H2,34,35,36,37,38). The van der Waals surface area contributed by atoms with Crippen LogP contribution in [-0.4, -0.2) is 60.3 Å². The highest BCUT2D eigenvalue weighted by Gasteiger charge is 2.45. The molecule has 3 aromatic rings. The van der Waals surface area contributed by atoms with Crippen molar-refractivity contribution in [3.63, 3.8) is 0 Å². The number of rotatable bonds is 15. The van der Waals surface area contributed by atoms with Crippen LogP contribution in [-0.2, 0) is 20.4 Å². The molecular weight excluding hydrogens is 639 g/mol. The molecule has 1 fully saturated rings. The SMILES string of the molecule is CCS(=O)(=O)NC(=O)CCCCNC(=O)c1ccc(Nc2nc(NC3(c4ccc(Cl)cc4)CC3)nc(OCC(F)(F)F)n2)cc1. The number of halogens is 4. The van der Waals surface area contributed by atoms with Crippen molar-refractivity contribution in [2.45, 2.75) is 50.7 Å².